The van der Waals surface area contributed by atoms with Gasteiger partial charge in [-0.2, -0.15) is 5.10 Å². The molecule has 0 spiro atoms. The lowest BCUT2D eigenvalue weighted by atomic mass is 10.00. The van der Waals surface area contributed by atoms with Gasteiger partial charge in [0.15, 0.2) is 0 Å². The van der Waals surface area contributed by atoms with E-state index in [0.29, 0.717) is 6.04 Å². The van der Waals surface area contributed by atoms with E-state index in [1.807, 2.05) is 29.8 Å². The number of likely N-dealkylation sites (tertiary alicyclic amines) is 1. The second-order valence-electron chi connectivity index (χ2n) is 7.17. The summed E-state index contributed by atoms with van der Waals surface area (Å²) >= 11 is 1.57. The highest BCUT2D eigenvalue weighted by Crippen LogP contribution is 2.33. The summed E-state index contributed by atoms with van der Waals surface area (Å²) in [4.78, 5) is 17.2. The fraction of sp³-hybridized carbons (Fsp3) is 0.429. The van der Waals surface area contributed by atoms with Gasteiger partial charge in [0.25, 0.3) is 5.91 Å². The van der Waals surface area contributed by atoms with Crippen molar-refractivity contribution in [2.75, 3.05) is 6.54 Å². The van der Waals surface area contributed by atoms with Gasteiger partial charge in [0.1, 0.15) is 4.83 Å². The van der Waals surface area contributed by atoms with Crippen molar-refractivity contribution in [1.82, 2.24) is 14.7 Å². The lowest BCUT2D eigenvalue weighted by Gasteiger charge is -2.35. The molecule has 1 aliphatic heterocycles. The Morgan fingerprint density at radius 2 is 2.08 bits per heavy atom. The number of piperidine rings is 1. The summed E-state index contributed by atoms with van der Waals surface area (Å²) in [7, 11) is 0. The number of carbonyl (C=O) groups excluding carboxylic acids is 1. The first-order chi connectivity index (χ1) is 12.6. The molecule has 0 N–H and O–H groups in total. The van der Waals surface area contributed by atoms with E-state index in [9.17, 15) is 4.79 Å². The molecule has 0 radical (unpaired) electrons. The van der Waals surface area contributed by atoms with Gasteiger partial charge in [-0.25, -0.2) is 4.68 Å². The van der Waals surface area contributed by atoms with E-state index in [-0.39, 0.29) is 5.91 Å². The van der Waals surface area contributed by atoms with Gasteiger partial charge in [-0.1, -0.05) is 25.1 Å². The number of carbonyl (C=O) groups is 1. The summed E-state index contributed by atoms with van der Waals surface area (Å²) < 4.78 is 1.99. The predicted octanol–water partition coefficient (Wildman–Crippen LogP) is 5.11. The molecule has 4 rings (SSSR count). The largest absolute Gasteiger partial charge is 0.335 e. The number of amides is 1. The second kappa shape index (κ2) is 6.88. The van der Waals surface area contributed by atoms with Crippen LogP contribution in [-0.4, -0.2) is 33.2 Å². The number of aromatic nitrogens is 2. The maximum atomic E-state index is 13.2. The van der Waals surface area contributed by atoms with E-state index in [2.05, 4.69) is 30.9 Å². The van der Waals surface area contributed by atoms with E-state index < -0.39 is 0 Å². The Kier molecular flexibility index (Phi) is 4.57. The zero-order valence-corrected chi connectivity index (χ0v) is 16.5. The molecule has 0 bridgehead atoms. The molecule has 1 amide bonds. The number of benzene rings is 1. The van der Waals surface area contributed by atoms with Gasteiger partial charge in [0.2, 0.25) is 0 Å². The summed E-state index contributed by atoms with van der Waals surface area (Å²) in [5.74, 6) is 0.188. The lowest BCUT2D eigenvalue weighted by Crippen LogP contribution is -2.43. The molecule has 1 unspecified atom stereocenters. The Bertz CT molecular complexity index is 955. The van der Waals surface area contributed by atoms with Gasteiger partial charge in [-0.15, -0.1) is 11.3 Å². The Morgan fingerprint density at radius 3 is 2.85 bits per heavy atom. The Hall–Kier alpha value is -2.14. The summed E-state index contributed by atoms with van der Waals surface area (Å²) in [5, 5.41) is 5.82. The highest BCUT2D eigenvalue weighted by molar-refractivity contribution is 7.20. The van der Waals surface area contributed by atoms with E-state index >= 15 is 0 Å². The van der Waals surface area contributed by atoms with Crippen LogP contribution in [0, 0.1) is 13.8 Å². The maximum absolute atomic E-state index is 13.2. The van der Waals surface area contributed by atoms with E-state index in [4.69, 9.17) is 5.10 Å². The molecular weight excluding hydrogens is 342 g/mol. The minimum absolute atomic E-state index is 0.188. The standard InChI is InChI=1S/C21H25N3OS/c1-4-16-10-7-8-12-23(16)20(25)19-13-17-15(3)22-24(21(17)26-19)18-11-6-5-9-14(18)2/h5-6,9,11,13,16H,4,7-8,10,12H2,1-3H3. The Balaban J connectivity index is 1.75. The first kappa shape index (κ1) is 17.3. The van der Waals surface area contributed by atoms with Gasteiger partial charge in [0.05, 0.1) is 16.3 Å². The van der Waals surface area contributed by atoms with Crippen molar-refractivity contribution < 1.29 is 4.79 Å². The number of para-hydroxylation sites is 1. The van der Waals surface area contributed by atoms with Crippen LogP contribution < -0.4 is 0 Å². The number of fused-ring (bicyclic) bond motifs is 1. The molecule has 136 valence electrons. The zero-order chi connectivity index (χ0) is 18.3. The molecule has 0 saturated carbocycles. The summed E-state index contributed by atoms with van der Waals surface area (Å²) in [6.07, 6.45) is 4.51. The minimum atomic E-state index is 0.188. The van der Waals surface area contributed by atoms with E-state index in [0.717, 1.165) is 52.3 Å². The number of nitrogens with zero attached hydrogens (tertiary/aromatic N) is 3. The SMILES string of the molecule is CCC1CCCCN1C(=O)c1cc2c(C)nn(-c3ccccc3C)c2s1. The van der Waals surface area contributed by atoms with Crippen LogP contribution in [0.15, 0.2) is 30.3 Å². The van der Waals surface area contributed by atoms with Crippen LogP contribution in [0.4, 0.5) is 0 Å². The van der Waals surface area contributed by atoms with Crippen LogP contribution in [-0.2, 0) is 0 Å². The van der Waals surface area contributed by atoms with E-state index in [1.54, 1.807) is 11.3 Å². The van der Waals surface area contributed by atoms with Gasteiger partial charge in [-0.05, 0) is 57.2 Å². The van der Waals surface area contributed by atoms with Crippen LogP contribution in [0.25, 0.3) is 15.9 Å². The third-order valence-electron chi connectivity index (χ3n) is 5.46. The first-order valence-electron chi connectivity index (χ1n) is 9.46. The van der Waals surface area contributed by atoms with Crippen molar-refractivity contribution in [3.63, 3.8) is 0 Å². The smallest absolute Gasteiger partial charge is 0.264 e. The molecule has 1 fully saturated rings. The normalized spacial score (nSPS) is 17.8. The molecule has 1 saturated heterocycles. The highest BCUT2D eigenvalue weighted by atomic mass is 32.1. The molecule has 0 aliphatic carbocycles. The highest BCUT2D eigenvalue weighted by Gasteiger charge is 2.28. The van der Waals surface area contributed by atoms with Crippen molar-refractivity contribution in [2.45, 2.75) is 52.5 Å². The first-order valence-corrected chi connectivity index (χ1v) is 10.3. The molecule has 2 aromatic heterocycles. The number of rotatable bonds is 3. The number of hydrogen-bond donors (Lipinski definition) is 0. The quantitative estimate of drug-likeness (QED) is 0.645. The monoisotopic (exact) mass is 367 g/mol. The van der Waals surface area contributed by atoms with Crippen molar-refractivity contribution in [2.24, 2.45) is 0 Å². The second-order valence-corrected chi connectivity index (χ2v) is 8.20. The molecule has 3 aromatic rings. The van der Waals surface area contributed by atoms with Crippen LogP contribution in [0.1, 0.15) is 53.5 Å². The molecule has 1 atom stereocenters. The summed E-state index contributed by atoms with van der Waals surface area (Å²) in [5.41, 5.74) is 3.24. The third-order valence-corrected chi connectivity index (χ3v) is 6.56. The van der Waals surface area contributed by atoms with Crippen molar-refractivity contribution in [3.05, 3.63) is 46.5 Å². The number of aryl methyl sites for hydroxylation is 2. The topological polar surface area (TPSA) is 38.1 Å². The summed E-state index contributed by atoms with van der Waals surface area (Å²) in [6, 6.07) is 10.7. The minimum Gasteiger partial charge on any atom is -0.335 e. The Morgan fingerprint density at radius 1 is 1.27 bits per heavy atom. The van der Waals surface area contributed by atoms with Gasteiger partial charge >= 0.3 is 0 Å². The fourth-order valence-corrected chi connectivity index (χ4v) is 5.08. The molecular formula is C21H25N3OS. The van der Waals surface area contributed by atoms with Gasteiger partial charge in [-0.3, -0.25) is 4.79 Å². The van der Waals surface area contributed by atoms with Crippen molar-refractivity contribution in [1.29, 1.82) is 0 Å². The molecule has 3 heterocycles. The molecule has 5 heteroatoms. The predicted molar refractivity (Wildman–Crippen MR) is 107 cm³/mol. The van der Waals surface area contributed by atoms with Crippen LogP contribution in [0.3, 0.4) is 0 Å². The van der Waals surface area contributed by atoms with E-state index in [1.165, 1.54) is 12.0 Å². The average Bonchev–Trinajstić information content (AvgIpc) is 3.22. The zero-order valence-electron chi connectivity index (χ0n) is 15.7. The molecule has 1 aromatic carbocycles. The maximum Gasteiger partial charge on any atom is 0.264 e. The fourth-order valence-electron chi connectivity index (χ4n) is 3.95. The molecule has 1 aliphatic rings. The number of thiophene rings is 1. The van der Waals surface area contributed by atoms with Crippen molar-refractivity contribution >= 4 is 27.5 Å². The number of hydrogen-bond acceptors (Lipinski definition) is 3. The third kappa shape index (κ3) is 2.84. The molecule has 26 heavy (non-hydrogen) atoms. The van der Waals surface area contributed by atoms with Crippen molar-refractivity contribution in [3.8, 4) is 5.69 Å². The Labute approximate surface area is 158 Å². The van der Waals surface area contributed by atoms with Gasteiger partial charge in [0, 0.05) is 18.0 Å². The molecule has 4 nitrogen and oxygen atoms in total. The van der Waals surface area contributed by atoms with Crippen LogP contribution in [0.2, 0.25) is 0 Å². The van der Waals surface area contributed by atoms with Crippen LogP contribution >= 0.6 is 11.3 Å². The van der Waals surface area contributed by atoms with Crippen LogP contribution in [0.5, 0.6) is 0 Å². The average molecular weight is 368 g/mol. The summed E-state index contributed by atoms with van der Waals surface area (Å²) in [6.45, 7) is 7.18. The van der Waals surface area contributed by atoms with Gasteiger partial charge < -0.3 is 4.90 Å². The lowest BCUT2D eigenvalue weighted by molar-refractivity contribution is 0.0613.